The van der Waals surface area contributed by atoms with Crippen LogP contribution in [0.25, 0.3) is 0 Å². The van der Waals surface area contributed by atoms with Gasteiger partial charge in [-0.1, -0.05) is 6.07 Å². The third-order valence-electron chi connectivity index (χ3n) is 2.29. The molecule has 0 aliphatic rings. The monoisotopic (exact) mass is 219 g/mol. The van der Waals surface area contributed by atoms with Gasteiger partial charge in [0.05, 0.1) is 6.10 Å². The number of nitrogens with zero attached hydrogens (tertiary/aromatic N) is 1. The van der Waals surface area contributed by atoms with Crippen molar-refractivity contribution >= 4 is 11.3 Å². The number of hydrogen-bond acceptors (Lipinski definition) is 3. The maximum Gasteiger partial charge on any atom is 0.0839 e. The molecule has 2 rings (SSSR count). The fourth-order valence-electron chi connectivity index (χ4n) is 1.50. The summed E-state index contributed by atoms with van der Waals surface area (Å²) in [6, 6.07) is 5.90. The van der Waals surface area contributed by atoms with Gasteiger partial charge in [-0.3, -0.25) is 4.98 Å². The van der Waals surface area contributed by atoms with E-state index in [0.29, 0.717) is 6.42 Å². The zero-order valence-electron chi connectivity index (χ0n) is 8.55. The molecule has 0 saturated heterocycles. The average molecular weight is 219 g/mol. The number of rotatable bonds is 3. The maximum atomic E-state index is 9.97. The lowest BCUT2D eigenvalue weighted by atomic mass is 10.1. The number of pyridine rings is 1. The molecule has 0 bridgehead atoms. The van der Waals surface area contributed by atoms with Crippen LogP contribution in [-0.2, 0) is 6.42 Å². The molecule has 1 N–H and O–H groups in total. The first kappa shape index (κ1) is 10.3. The molecule has 78 valence electrons. The summed E-state index contributed by atoms with van der Waals surface area (Å²) < 4.78 is 0. The normalized spacial score (nSPS) is 12.7. The van der Waals surface area contributed by atoms with Crippen molar-refractivity contribution in [1.29, 1.82) is 0 Å². The van der Waals surface area contributed by atoms with Crippen molar-refractivity contribution < 1.29 is 5.11 Å². The number of thiophene rings is 1. The quantitative estimate of drug-likeness (QED) is 0.861. The molecule has 0 saturated carbocycles. The molecule has 0 aliphatic heterocycles. The lowest BCUT2D eigenvalue weighted by Crippen LogP contribution is -2.00. The van der Waals surface area contributed by atoms with Crippen LogP contribution in [0.4, 0.5) is 0 Å². The molecule has 0 radical (unpaired) electrons. The van der Waals surface area contributed by atoms with Crippen LogP contribution in [0.1, 0.15) is 22.1 Å². The van der Waals surface area contributed by atoms with E-state index >= 15 is 0 Å². The first-order valence-corrected chi connectivity index (χ1v) is 5.75. The smallest absolute Gasteiger partial charge is 0.0839 e. The lowest BCUT2D eigenvalue weighted by molar-refractivity contribution is 0.179. The molecule has 2 nitrogen and oxygen atoms in total. The second kappa shape index (κ2) is 4.55. The summed E-state index contributed by atoms with van der Waals surface area (Å²) >= 11 is 1.67. The van der Waals surface area contributed by atoms with Gasteiger partial charge in [0.1, 0.15) is 0 Å². The van der Waals surface area contributed by atoms with E-state index in [1.807, 2.05) is 30.5 Å². The van der Waals surface area contributed by atoms with Crippen LogP contribution in [-0.4, -0.2) is 10.1 Å². The first-order chi connectivity index (χ1) is 7.25. The van der Waals surface area contributed by atoms with Gasteiger partial charge in [-0.05, 0) is 35.6 Å². The summed E-state index contributed by atoms with van der Waals surface area (Å²) in [5.74, 6) is 0. The van der Waals surface area contributed by atoms with E-state index in [-0.39, 0.29) is 0 Å². The van der Waals surface area contributed by atoms with Crippen LogP contribution in [0.3, 0.4) is 0 Å². The fraction of sp³-hybridized carbons (Fsp3) is 0.250. The number of aromatic nitrogens is 1. The first-order valence-electron chi connectivity index (χ1n) is 4.87. The van der Waals surface area contributed by atoms with Gasteiger partial charge in [0.15, 0.2) is 0 Å². The molecule has 2 heterocycles. The minimum Gasteiger partial charge on any atom is -0.388 e. The van der Waals surface area contributed by atoms with E-state index in [9.17, 15) is 5.11 Å². The van der Waals surface area contributed by atoms with Crippen LogP contribution < -0.4 is 0 Å². The van der Waals surface area contributed by atoms with Crippen LogP contribution in [0.2, 0.25) is 0 Å². The summed E-state index contributed by atoms with van der Waals surface area (Å²) in [6.45, 7) is 2.05. The lowest BCUT2D eigenvalue weighted by Gasteiger charge is -2.07. The standard InChI is InChI=1S/C12H13NOS/c1-9-5-11(8-15-9)12(14)6-10-3-2-4-13-7-10/h2-5,7-8,12,14H,6H2,1H3. The number of aliphatic hydroxyl groups excluding tert-OH is 1. The van der Waals surface area contributed by atoms with Crippen molar-refractivity contribution in [2.45, 2.75) is 19.4 Å². The highest BCUT2D eigenvalue weighted by atomic mass is 32.1. The Morgan fingerprint density at radius 3 is 3.00 bits per heavy atom. The predicted molar refractivity (Wildman–Crippen MR) is 62.0 cm³/mol. The molecule has 3 heteroatoms. The average Bonchev–Trinajstić information content (AvgIpc) is 2.66. The van der Waals surface area contributed by atoms with Crippen LogP contribution in [0, 0.1) is 6.92 Å². The topological polar surface area (TPSA) is 33.1 Å². The van der Waals surface area contributed by atoms with Gasteiger partial charge in [-0.2, -0.15) is 0 Å². The Morgan fingerprint density at radius 2 is 2.40 bits per heavy atom. The third-order valence-corrected chi connectivity index (χ3v) is 3.17. The van der Waals surface area contributed by atoms with Crippen molar-refractivity contribution in [1.82, 2.24) is 4.98 Å². The zero-order chi connectivity index (χ0) is 10.7. The van der Waals surface area contributed by atoms with Crippen molar-refractivity contribution in [2.75, 3.05) is 0 Å². The van der Waals surface area contributed by atoms with Crippen molar-refractivity contribution in [3.8, 4) is 0 Å². The molecule has 0 fully saturated rings. The van der Waals surface area contributed by atoms with Gasteiger partial charge in [0.2, 0.25) is 0 Å². The highest BCUT2D eigenvalue weighted by Gasteiger charge is 2.09. The molecule has 2 aromatic heterocycles. The summed E-state index contributed by atoms with van der Waals surface area (Å²) in [4.78, 5) is 5.26. The minimum absolute atomic E-state index is 0.417. The molecule has 15 heavy (non-hydrogen) atoms. The number of aliphatic hydroxyl groups is 1. The van der Waals surface area contributed by atoms with Crippen molar-refractivity contribution in [2.24, 2.45) is 0 Å². The second-order valence-electron chi connectivity index (χ2n) is 3.57. The Morgan fingerprint density at radius 1 is 1.53 bits per heavy atom. The largest absolute Gasteiger partial charge is 0.388 e. The summed E-state index contributed by atoms with van der Waals surface area (Å²) in [5, 5.41) is 12.0. The van der Waals surface area contributed by atoms with Crippen molar-refractivity contribution in [3.05, 3.63) is 52.0 Å². The van der Waals surface area contributed by atoms with E-state index in [2.05, 4.69) is 4.98 Å². The van der Waals surface area contributed by atoms with Gasteiger partial charge in [0, 0.05) is 23.7 Å². The van der Waals surface area contributed by atoms with Gasteiger partial charge < -0.3 is 5.11 Å². The molecule has 2 aromatic rings. The van der Waals surface area contributed by atoms with Gasteiger partial charge >= 0.3 is 0 Å². The maximum absolute atomic E-state index is 9.97. The molecule has 0 aromatic carbocycles. The summed E-state index contributed by atoms with van der Waals surface area (Å²) in [7, 11) is 0. The Hall–Kier alpha value is -1.19. The SMILES string of the molecule is Cc1cc(C(O)Cc2cccnc2)cs1. The van der Waals surface area contributed by atoms with E-state index in [0.717, 1.165) is 11.1 Å². The van der Waals surface area contributed by atoms with Crippen LogP contribution in [0.5, 0.6) is 0 Å². The molecule has 0 aliphatic carbocycles. The summed E-state index contributed by atoms with van der Waals surface area (Å²) in [5.41, 5.74) is 2.07. The minimum atomic E-state index is -0.417. The molecule has 1 unspecified atom stereocenters. The third kappa shape index (κ3) is 2.64. The molecule has 1 atom stereocenters. The number of hydrogen-bond donors (Lipinski definition) is 1. The Labute approximate surface area is 93.2 Å². The Balaban J connectivity index is 2.07. The van der Waals surface area contributed by atoms with E-state index < -0.39 is 6.10 Å². The highest BCUT2D eigenvalue weighted by molar-refractivity contribution is 7.10. The Kier molecular flexibility index (Phi) is 3.14. The van der Waals surface area contributed by atoms with E-state index in [4.69, 9.17) is 0 Å². The zero-order valence-corrected chi connectivity index (χ0v) is 9.37. The molecular formula is C12H13NOS. The second-order valence-corrected chi connectivity index (χ2v) is 4.69. The fourth-order valence-corrected chi connectivity index (χ4v) is 2.25. The van der Waals surface area contributed by atoms with Crippen molar-refractivity contribution in [3.63, 3.8) is 0 Å². The molecule has 0 amide bonds. The van der Waals surface area contributed by atoms with Crippen LogP contribution in [0.15, 0.2) is 36.0 Å². The number of aryl methyl sites for hydroxylation is 1. The molecule has 0 spiro atoms. The highest BCUT2D eigenvalue weighted by Crippen LogP contribution is 2.22. The van der Waals surface area contributed by atoms with Crippen LogP contribution >= 0.6 is 11.3 Å². The predicted octanol–water partition coefficient (Wildman–Crippen LogP) is 2.73. The van der Waals surface area contributed by atoms with Gasteiger partial charge in [-0.15, -0.1) is 11.3 Å². The van der Waals surface area contributed by atoms with E-state index in [1.54, 1.807) is 23.7 Å². The van der Waals surface area contributed by atoms with E-state index in [1.165, 1.54) is 4.88 Å². The Bertz CT molecular complexity index is 424. The van der Waals surface area contributed by atoms with Gasteiger partial charge in [0.25, 0.3) is 0 Å². The molecular weight excluding hydrogens is 206 g/mol. The van der Waals surface area contributed by atoms with Gasteiger partial charge in [-0.25, -0.2) is 0 Å². The summed E-state index contributed by atoms with van der Waals surface area (Å²) in [6.07, 6.45) is 3.75.